The molecule has 1 fully saturated rings. The van der Waals surface area contributed by atoms with Crippen molar-refractivity contribution in [2.24, 2.45) is 11.3 Å². The van der Waals surface area contributed by atoms with Gasteiger partial charge in [-0.05, 0) is 55.3 Å². The summed E-state index contributed by atoms with van der Waals surface area (Å²) in [4.78, 5) is 0. The molecule has 0 heterocycles. The lowest BCUT2D eigenvalue weighted by Gasteiger charge is -2.34. The van der Waals surface area contributed by atoms with Gasteiger partial charge in [-0.15, -0.1) is 0 Å². The summed E-state index contributed by atoms with van der Waals surface area (Å²) in [5.74, 6) is 1.72. The molecule has 0 saturated heterocycles. The van der Waals surface area contributed by atoms with Crippen LogP contribution in [0.3, 0.4) is 0 Å². The minimum absolute atomic E-state index is 0.465. The molecule has 2 atom stereocenters. The average molecular weight is 261 g/mol. The Labute approximate surface area is 117 Å². The van der Waals surface area contributed by atoms with Crippen molar-refractivity contribution in [1.29, 1.82) is 0 Å². The molecule has 1 aromatic carbocycles. The van der Waals surface area contributed by atoms with Crippen molar-refractivity contribution in [2.75, 3.05) is 14.2 Å². The summed E-state index contributed by atoms with van der Waals surface area (Å²) in [5, 5.41) is 3.54. The van der Waals surface area contributed by atoms with Gasteiger partial charge in [0.25, 0.3) is 0 Å². The minimum atomic E-state index is 0.465. The fourth-order valence-electron chi connectivity index (χ4n) is 3.60. The smallest absolute Gasteiger partial charge is 0.119 e. The lowest BCUT2D eigenvalue weighted by atomic mass is 9.76. The van der Waals surface area contributed by atoms with Gasteiger partial charge in [-0.2, -0.15) is 0 Å². The van der Waals surface area contributed by atoms with Gasteiger partial charge in [0.15, 0.2) is 0 Å². The standard InChI is InChI=1S/C17H27NO/c1-17(2)10-6-9-15(17)16(18-3)12-13-7-5-8-14(11-13)19-4/h5,7-8,11,15-16,18H,6,9-10,12H2,1-4H3. The van der Waals surface area contributed by atoms with E-state index in [4.69, 9.17) is 4.74 Å². The maximum absolute atomic E-state index is 5.32. The molecular formula is C17H27NO. The number of rotatable bonds is 5. The molecule has 2 heteroatoms. The number of likely N-dealkylation sites (N-methyl/N-ethyl adjacent to an activating group) is 1. The molecule has 1 N–H and O–H groups in total. The van der Waals surface area contributed by atoms with E-state index in [0.29, 0.717) is 11.5 Å². The molecule has 0 aromatic heterocycles. The molecule has 1 saturated carbocycles. The SMILES string of the molecule is CNC(Cc1cccc(OC)c1)C1CCCC1(C)C. The van der Waals surface area contributed by atoms with Crippen molar-refractivity contribution in [3.63, 3.8) is 0 Å². The van der Waals surface area contributed by atoms with E-state index < -0.39 is 0 Å². The molecule has 0 aliphatic heterocycles. The van der Waals surface area contributed by atoms with Crippen molar-refractivity contribution >= 4 is 0 Å². The van der Waals surface area contributed by atoms with E-state index in [2.05, 4.69) is 44.4 Å². The van der Waals surface area contributed by atoms with Gasteiger partial charge in [-0.25, -0.2) is 0 Å². The number of nitrogens with one attached hydrogen (secondary N) is 1. The van der Waals surface area contributed by atoms with Gasteiger partial charge in [0, 0.05) is 6.04 Å². The topological polar surface area (TPSA) is 21.3 Å². The fraction of sp³-hybridized carbons (Fsp3) is 0.647. The summed E-state index contributed by atoms with van der Waals surface area (Å²) in [6.07, 6.45) is 5.16. The van der Waals surface area contributed by atoms with Crippen molar-refractivity contribution in [2.45, 2.75) is 45.6 Å². The highest BCUT2D eigenvalue weighted by Gasteiger charge is 2.38. The van der Waals surface area contributed by atoms with E-state index in [1.807, 2.05) is 6.07 Å². The average Bonchev–Trinajstić information content (AvgIpc) is 2.76. The van der Waals surface area contributed by atoms with Crippen LogP contribution in [0.4, 0.5) is 0 Å². The number of hydrogen-bond donors (Lipinski definition) is 1. The highest BCUT2D eigenvalue weighted by Crippen LogP contribution is 2.44. The van der Waals surface area contributed by atoms with Crippen LogP contribution in [0.25, 0.3) is 0 Å². The Bertz CT molecular complexity index is 413. The second-order valence-corrected chi connectivity index (χ2v) is 6.44. The van der Waals surface area contributed by atoms with Crippen LogP contribution in [0.2, 0.25) is 0 Å². The summed E-state index contributed by atoms with van der Waals surface area (Å²) in [6, 6.07) is 9.02. The first-order chi connectivity index (χ1) is 9.06. The number of hydrogen-bond acceptors (Lipinski definition) is 2. The predicted octanol–water partition coefficient (Wildman–Crippen LogP) is 3.65. The molecule has 0 radical (unpaired) electrons. The Kier molecular flexibility index (Phi) is 4.51. The summed E-state index contributed by atoms with van der Waals surface area (Å²) in [5.41, 5.74) is 1.83. The Morgan fingerprint density at radius 3 is 2.79 bits per heavy atom. The third kappa shape index (κ3) is 3.30. The molecule has 1 aromatic rings. The van der Waals surface area contributed by atoms with Crippen molar-refractivity contribution in [3.8, 4) is 5.75 Å². The monoisotopic (exact) mass is 261 g/mol. The largest absolute Gasteiger partial charge is 0.497 e. The number of methoxy groups -OCH3 is 1. The van der Waals surface area contributed by atoms with Gasteiger partial charge in [-0.3, -0.25) is 0 Å². The highest BCUT2D eigenvalue weighted by atomic mass is 16.5. The van der Waals surface area contributed by atoms with Crippen molar-refractivity contribution in [1.82, 2.24) is 5.32 Å². The van der Waals surface area contributed by atoms with E-state index in [0.717, 1.165) is 18.1 Å². The predicted molar refractivity (Wildman–Crippen MR) is 80.7 cm³/mol. The summed E-state index contributed by atoms with van der Waals surface area (Å²) < 4.78 is 5.32. The zero-order valence-electron chi connectivity index (χ0n) is 12.7. The molecule has 19 heavy (non-hydrogen) atoms. The Morgan fingerprint density at radius 1 is 1.42 bits per heavy atom. The first-order valence-corrected chi connectivity index (χ1v) is 7.37. The van der Waals surface area contributed by atoms with Crippen LogP contribution in [0.5, 0.6) is 5.75 Å². The first kappa shape index (κ1) is 14.4. The molecule has 1 aliphatic rings. The third-order valence-electron chi connectivity index (χ3n) is 4.79. The molecule has 2 unspecified atom stereocenters. The van der Waals surface area contributed by atoms with Crippen molar-refractivity contribution in [3.05, 3.63) is 29.8 Å². The molecule has 0 bridgehead atoms. The fourth-order valence-corrected chi connectivity index (χ4v) is 3.60. The van der Waals surface area contributed by atoms with Crippen LogP contribution in [0, 0.1) is 11.3 Å². The minimum Gasteiger partial charge on any atom is -0.497 e. The summed E-state index contributed by atoms with van der Waals surface area (Å²) in [7, 11) is 3.83. The summed E-state index contributed by atoms with van der Waals surface area (Å²) in [6.45, 7) is 4.83. The zero-order valence-corrected chi connectivity index (χ0v) is 12.7. The Balaban J connectivity index is 2.10. The Morgan fingerprint density at radius 2 is 2.21 bits per heavy atom. The normalized spacial score (nSPS) is 23.3. The molecule has 2 nitrogen and oxygen atoms in total. The molecule has 2 rings (SSSR count). The zero-order chi connectivity index (χ0) is 13.9. The quantitative estimate of drug-likeness (QED) is 0.873. The van der Waals surface area contributed by atoms with Gasteiger partial charge < -0.3 is 10.1 Å². The van der Waals surface area contributed by atoms with E-state index in [-0.39, 0.29) is 0 Å². The van der Waals surface area contributed by atoms with Gasteiger partial charge in [0.2, 0.25) is 0 Å². The molecule has 1 aliphatic carbocycles. The van der Waals surface area contributed by atoms with Crippen LogP contribution >= 0.6 is 0 Å². The van der Waals surface area contributed by atoms with Gasteiger partial charge in [0.05, 0.1) is 7.11 Å². The second kappa shape index (κ2) is 5.96. The maximum atomic E-state index is 5.32. The van der Waals surface area contributed by atoms with Crippen LogP contribution in [0.1, 0.15) is 38.7 Å². The van der Waals surface area contributed by atoms with Gasteiger partial charge >= 0.3 is 0 Å². The molecule has 0 spiro atoms. The molecule has 106 valence electrons. The lowest BCUT2D eigenvalue weighted by Crippen LogP contribution is -2.40. The van der Waals surface area contributed by atoms with E-state index in [1.54, 1.807) is 7.11 Å². The first-order valence-electron chi connectivity index (χ1n) is 7.37. The van der Waals surface area contributed by atoms with E-state index in [1.165, 1.54) is 24.8 Å². The number of benzene rings is 1. The van der Waals surface area contributed by atoms with E-state index in [9.17, 15) is 0 Å². The van der Waals surface area contributed by atoms with E-state index >= 15 is 0 Å². The van der Waals surface area contributed by atoms with Crippen LogP contribution in [-0.2, 0) is 6.42 Å². The van der Waals surface area contributed by atoms with Crippen molar-refractivity contribution < 1.29 is 4.74 Å². The molecular weight excluding hydrogens is 234 g/mol. The van der Waals surface area contributed by atoms with Gasteiger partial charge in [-0.1, -0.05) is 32.4 Å². The van der Waals surface area contributed by atoms with Crippen LogP contribution in [0.15, 0.2) is 24.3 Å². The van der Waals surface area contributed by atoms with Crippen LogP contribution in [-0.4, -0.2) is 20.2 Å². The van der Waals surface area contributed by atoms with Gasteiger partial charge in [0.1, 0.15) is 5.75 Å². The second-order valence-electron chi connectivity index (χ2n) is 6.44. The van der Waals surface area contributed by atoms with Crippen LogP contribution < -0.4 is 10.1 Å². The third-order valence-corrected chi connectivity index (χ3v) is 4.79. The highest BCUT2D eigenvalue weighted by molar-refractivity contribution is 5.29. The molecule has 0 amide bonds. The maximum Gasteiger partial charge on any atom is 0.119 e. The Hall–Kier alpha value is -1.02. The summed E-state index contributed by atoms with van der Waals surface area (Å²) >= 11 is 0. The number of ether oxygens (including phenoxy) is 1. The lowest BCUT2D eigenvalue weighted by molar-refractivity contribution is 0.201.